The zero-order chi connectivity index (χ0) is 16.1. The van der Waals surface area contributed by atoms with Crippen LogP contribution in [0.2, 0.25) is 0 Å². The first-order valence-corrected chi connectivity index (χ1v) is 8.43. The summed E-state index contributed by atoms with van der Waals surface area (Å²) in [6, 6.07) is 8.29. The van der Waals surface area contributed by atoms with Crippen molar-refractivity contribution in [1.82, 2.24) is 3.71 Å². The molecule has 0 fully saturated rings. The second-order valence-corrected chi connectivity index (χ2v) is 6.75. The quantitative estimate of drug-likeness (QED) is 0.412. The Labute approximate surface area is 138 Å². The third kappa shape index (κ3) is 9.40. The Kier molecular flexibility index (Phi) is 11.9. The van der Waals surface area contributed by atoms with Crippen LogP contribution < -0.4 is 0 Å². The van der Waals surface area contributed by atoms with Gasteiger partial charge in [0.15, 0.2) is 0 Å². The van der Waals surface area contributed by atoms with Gasteiger partial charge in [0.05, 0.1) is 0 Å². The average Bonchev–Trinajstić information content (AvgIpc) is 2.48. The Morgan fingerprint density at radius 2 is 1.71 bits per heavy atom. The van der Waals surface area contributed by atoms with E-state index in [9.17, 15) is 0 Å². The molecule has 0 aliphatic heterocycles. The summed E-state index contributed by atoms with van der Waals surface area (Å²) in [6.07, 6.45) is 8.62. The number of rotatable bonds is 7. The van der Waals surface area contributed by atoms with Crippen LogP contribution in [0.1, 0.15) is 25.8 Å². The van der Waals surface area contributed by atoms with Crippen molar-refractivity contribution in [1.29, 1.82) is 0 Å². The molecule has 0 heterocycles. The molecule has 0 spiro atoms. The summed E-state index contributed by atoms with van der Waals surface area (Å²) in [5.41, 5.74) is 1.13. The van der Waals surface area contributed by atoms with Gasteiger partial charge in [-0.15, -0.1) is 0 Å². The zero-order valence-electron chi connectivity index (χ0n) is 13.2. The van der Waals surface area contributed by atoms with Gasteiger partial charge >= 0.3 is 0 Å². The second-order valence-electron chi connectivity index (χ2n) is 4.11. The first-order valence-electron chi connectivity index (χ1n) is 6.88. The van der Waals surface area contributed by atoms with Crippen LogP contribution in [-0.2, 0) is 0 Å². The van der Waals surface area contributed by atoms with E-state index in [2.05, 4.69) is 61.6 Å². The van der Waals surface area contributed by atoms with Crippen molar-refractivity contribution < 1.29 is 0 Å². The molecular formula is C18H25NS2. The van der Waals surface area contributed by atoms with Gasteiger partial charge in [0.1, 0.15) is 0 Å². The maximum Gasteiger partial charge on any atom is 0.0239 e. The van der Waals surface area contributed by atoms with Crippen LogP contribution in [0, 0.1) is 0 Å². The minimum absolute atomic E-state index is 1.07. The van der Waals surface area contributed by atoms with Crippen molar-refractivity contribution in [3.05, 3.63) is 72.7 Å². The van der Waals surface area contributed by atoms with Crippen LogP contribution in [0.3, 0.4) is 0 Å². The van der Waals surface area contributed by atoms with Crippen LogP contribution in [0.15, 0.2) is 72.0 Å². The highest BCUT2D eigenvalue weighted by Crippen LogP contribution is 2.32. The predicted molar refractivity (Wildman–Crippen MR) is 102 cm³/mol. The standard InChI is InChI=1S/C15H17NS2.C3H8/c1-5-8-14(7-3)17-16(4)18-15-11-9-13(6-2)10-12-15;1-3-2/h5-12H,1-3H2,4H3;3H2,1-2H3/b14-8+;. The predicted octanol–water partition coefficient (Wildman–Crippen LogP) is 6.59. The van der Waals surface area contributed by atoms with Crippen molar-refractivity contribution >= 4 is 30.0 Å². The minimum Gasteiger partial charge on any atom is -0.189 e. The van der Waals surface area contributed by atoms with Crippen LogP contribution in [-0.4, -0.2) is 10.8 Å². The summed E-state index contributed by atoms with van der Waals surface area (Å²) in [5.74, 6) is 0. The summed E-state index contributed by atoms with van der Waals surface area (Å²) in [5, 5.41) is 0. The van der Waals surface area contributed by atoms with Crippen molar-refractivity contribution in [2.45, 2.75) is 25.2 Å². The summed E-state index contributed by atoms with van der Waals surface area (Å²) in [7, 11) is 2.02. The Bertz CT molecular complexity index is 461. The fourth-order valence-electron chi connectivity index (χ4n) is 1.23. The third-order valence-electron chi connectivity index (χ3n) is 2.07. The molecule has 0 aliphatic rings. The van der Waals surface area contributed by atoms with Crippen molar-refractivity contribution in [2.75, 3.05) is 7.05 Å². The summed E-state index contributed by atoms with van der Waals surface area (Å²) < 4.78 is 2.08. The molecule has 1 rings (SSSR count). The highest BCUT2D eigenvalue weighted by molar-refractivity contribution is 8.14. The molecule has 114 valence electrons. The molecule has 1 aromatic rings. The molecule has 0 saturated heterocycles. The van der Waals surface area contributed by atoms with E-state index >= 15 is 0 Å². The van der Waals surface area contributed by atoms with Crippen molar-refractivity contribution in [3.63, 3.8) is 0 Å². The van der Waals surface area contributed by atoms with Gasteiger partial charge in [0, 0.05) is 16.8 Å². The first-order chi connectivity index (χ1) is 10.1. The zero-order valence-corrected chi connectivity index (χ0v) is 14.8. The Morgan fingerprint density at radius 1 is 1.14 bits per heavy atom. The van der Waals surface area contributed by atoms with Gasteiger partial charge in [0.25, 0.3) is 0 Å². The highest BCUT2D eigenvalue weighted by atomic mass is 32.2. The van der Waals surface area contributed by atoms with Gasteiger partial charge in [-0.1, -0.05) is 70.4 Å². The van der Waals surface area contributed by atoms with Crippen LogP contribution >= 0.6 is 23.9 Å². The fraction of sp³-hybridized carbons (Fsp3) is 0.222. The van der Waals surface area contributed by atoms with E-state index in [-0.39, 0.29) is 0 Å². The lowest BCUT2D eigenvalue weighted by Crippen LogP contribution is -1.97. The molecule has 0 radical (unpaired) electrons. The van der Waals surface area contributed by atoms with Crippen molar-refractivity contribution in [2.24, 2.45) is 0 Å². The minimum atomic E-state index is 1.07. The molecule has 0 bridgehead atoms. The number of nitrogens with zero attached hydrogens (tertiary/aromatic N) is 1. The summed E-state index contributed by atoms with van der Waals surface area (Å²) >= 11 is 3.29. The van der Waals surface area contributed by atoms with Crippen molar-refractivity contribution in [3.8, 4) is 0 Å². The van der Waals surface area contributed by atoms with E-state index in [0.29, 0.717) is 0 Å². The molecule has 0 aromatic heterocycles. The van der Waals surface area contributed by atoms with Gasteiger partial charge < -0.3 is 0 Å². The first kappa shape index (κ1) is 19.8. The summed E-state index contributed by atoms with van der Waals surface area (Å²) in [6.45, 7) is 15.5. The molecule has 21 heavy (non-hydrogen) atoms. The van der Waals surface area contributed by atoms with Gasteiger partial charge in [-0.25, -0.2) is 0 Å². The van der Waals surface area contributed by atoms with E-state index in [1.54, 1.807) is 30.0 Å². The lowest BCUT2D eigenvalue weighted by Gasteiger charge is -2.14. The molecule has 0 atom stereocenters. The van der Waals surface area contributed by atoms with E-state index in [0.717, 1.165) is 10.5 Å². The highest BCUT2D eigenvalue weighted by Gasteiger charge is 2.03. The maximum absolute atomic E-state index is 3.78. The smallest absolute Gasteiger partial charge is 0.0239 e. The molecule has 0 N–H and O–H groups in total. The average molecular weight is 320 g/mol. The molecule has 0 saturated carbocycles. The molecule has 0 amide bonds. The van der Waals surface area contributed by atoms with E-state index in [4.69, 9.17) is 0 Å². The van der Waals surface area contributed by atoms with Crippen LogP contribution in [0.5, 0.6) is 0 Å². The Morgan fingerprint density at radius 3 is 2.14 bits per heavy atom. The van der Waals surface area contributed by atoms with E-state index < -0.39 is 0 Å². The largest absolute Gasteiger partial charge is 0.189 e. The van der Waals surface area contributed by atoms with Gasteiger partial charge in [-0.05, 0) is 47.7 Å². The number of benzene rings is 1. The SMILES string of the molecule is C=C/C=C(\C=C)SN(C)Sc1ccc(C=C)cc1.CCC. The van der Waals surface area contributed by atoms with Crippen LogP contribution in [0.4, 0.5) is 0 Å². The number of hydrogen-bond donors (Lipinski definition) is 0. The second kappa shape index (κ2) is 12.6. The Balaban J connectivity index is 0.00000122. The molecule has 3 heteroatoms. The Hall–Kier alpha value is -1.16. The van der Waals surface area contributed by atoms with Gasteiger partial charge in [-0.3, -0.25) is 0 Å². The van der Waals surface area contributed by atoms with Crippen LogP contribution in [0.25, 0.3) is 6.08 Å². The van der Waals surface area contributed by atoms with Gasteiger partial charge in [-0.2, -0.15) is 3.71 Å². The lowest BCUT2D eigenvalue weighted by atomic mass is 10.2. The van der Waals surface area contributed by atoms with E-state index in [1.807, 2.05) is 25.3 Å². The number of allylic oxidation sites excluding steroid dienone is 3. The normalized spacial score (nSPS) is 10.6. The molecular weight excluding hydrogens is 294 g/mol. The third-order valence-corrected chi connectivity index (χ3v) is 4.03. The molecule has 1 aromatic carbocycles. The fourth-order valence-corrected chi connectivity index (χ4v) is 2.98. The van der Waals surface area contributed by atoms with Gasteiger partial charge in [0.2, 0.25) is 0 Å². The molecule has 0 unspecified atom stereocenters. The van der Waals surface area contributed by atoms with E-state index in [1.165, 1.54) is 11.3 Å². The molecule has 0 aliphatic carbocycles. The monoisotopic (exact) mass is 319 g/mol. The maximum atomic E-state index is 3.78. The lowest BCUT2D eigenvalue weighted by molar-refractivity contribution is 0.947. The summed E-state index contributed by atoms with van der Waals surface area (Å²) in [4.78, 5) is 2.26. The number of hydrogen-bond acceptors (Lipinski definition) is 3. The topological polar surface area (TPSA) is 3.24 Å². The molecule has 1 nitrogen and oxygen atoms in total.